The molecule has 0 aromatic heterocycles. The van der Waals surface area contributed by atoms with Gasteiger partial charge in [-0.1, -0.05) is 13.8 Å². The van der Waals surface area contributed by atoms with Crippen LogP contribution in [0, 0.1) is 5.92 Å². The number of likely N-dealkylation sites (N-methyl/N-ethyl adjacent to an activating group) is 1. The molecule has 11 heavy (non-hydrogen) atoms. The number of carbonyl (C=O) groups is 2. The van der Waals surface area contributed by atoms with Crippen LogP contribution in [0.5, 0.6) is 0 Å². The smallest absolute Gasteiger partial charge is 0.407 e. The van der Waals surface area contributed by atoms with E-state index in [0.717, 1.165) is 4.90 Å². The molecule has 1 amide bonds. The quantitative estimate of drug-likeness (QED) is 0.663. The number of carbonyl (C=O) groups excluding carboxylic acids is 1. The molecule has 0 saturated heterocycles. The van der Waals surface area contributed by atoms with Gasteiger partial charge in [-0.2, -0.15) is 0 Å². The van der Waals surface area contributed by atoms with Crippen LogP contribution in [-0.2, 0) is 4.79 Å². The van der Waals surface area contributed by atoms with E-state index in [0.29, 0.717) is 0 Å². The van der Waals surface area contributed by atoms with Crippen molar-refractivity contribution in [2.45, 2.75) is 13.8 Å². The maximum Gasteiger partial charge on any atom is 0.407 e. The summed E-state index contributed by atoms with van der Waals surface area (Å²) in [5.41, 5.74) is 0. The Bertz CT molecular complexity index is 165. The summed E-state index contributed by atoms with van der Waals surface area (Å²) in [5, 5.41) is 8.39. The number of rotatable bonds is 3. The predicted molar refractivity (Wildman–Crippen MR) is 40.5 cm³/mol. The fourth-order valence-corrected chi connectivity index (χ4v) is 0.484. The van der Waals surface area contributed by atoms with Crippen molar-refractivity contribution in [2.75, 3.05) is 13.6 Å². The minimum Gasteiger partial charge on any atom is -0.465 e. The second-order valence-electron chi connectivity index (χ2n) is 2.76. The van der Waals surface area contributed by atoms with Gasteiger partial charge in [0.15, 0.2) is 5.78 Å². The number of nitrogens with zero attached hydrogens (tertiary/aromatic N) is 1. The van der Waals surface area contributed by atoms with Crippen LogP contribution in [0.15, 0.2) is 0 Å². The Hall–Kier alpha value is -1.06. The summed E-state index contributed by atoms with van der Waals surface area (Å²) in [7, 11) is 1.38. The molecule has 4 heteroatoms. The van der Waals surface area contributed by atoms with E-state index in [9.17, 15) is 9.59 Å². The second-order valence-corrected chi connectivity index (χ2v) is 2.76. The summed E-state index contributed by atoms with van der Waals surface area (Å²) < 4.78 is 0. The predicted octanol–water partition coefficient (Wildman–Crippen LogP) is 0.821. The van der Waals surface area contributed by atoms with Gasteiger partial charge in [-0.25, -0.2) is 4.79 Å². The van der Waals surface area contributed by atoms with Gasteiger partial charge >= 0.3 is 6.09 Å². The molecule has 0 rings (SSSR count). The first-order valence-corrected chi connectivity index (χ1v) is 3.42. The molecule has 0 saturated carbocycles. The minimum atomic E-state index is -1.07. The normalized spacial score (nSPS) is 9.82. The highest BCUT2D eigenvalue weighted by molar-refractivity contribution is 5.84. The van der Waals surface area contributed by atoms with E-state index in [1.165, 1.54) is 7.05 Å². The van der Waals surface area contributed by atoms with E-state index >= 15 is 0 Å². The number of hydrogen-bond acceptors (Lipinski definition) is 2. The maximum atomic E-state index is 11.0. The average Bonchev–Trinajstić information content (AvgIpc) is 1.87. The molecule has 0 radical (unpaired) electrons. The van der Waals surface area contributed by atoms with Crippen LogP contribution in [0.25, 0.3) is 0 Å². The molecule has 64 valence electrons. The standard InChI is InChI=1S/C7H13NO3/c1-5(2)6(9)4-8(3)7(10)11/h5H,4H2,1-3H3,(H,10,11). The molecule has 0 bridgehead atoms. The van der Waals surface area contributed by atoms with Crippen LogP contribution in [0.3, 0.4) is 0 Å². The monoisotopic (exact) mass is 159 g/mol. The molecule has 0 spiro atoms. The van der Waals surface area contributed by atoms with Crippen molar-refractivity contribution in [1.29, 1.82) is 0 Å². The Morgan fingerprint density at radius 1 is 1.45 bits per heavy atom. The molecule has 1 N–H and O–H groups in total. The van der Waals surface area contributed by atoms with Gasteiger partial charge in [0.05, 0.1) is 6.54 Å². The van der Waals surface area contributed by atoms with Crippen molar-refractivity contribution >= 4 is 11.9 Å². The van der Waals surface area contributed by atoms with Gasteiger partial charge < -0.3 is 10.0 Å². The van der Waals surface area contributed by atoms with Crippen LogP contribution < -0.4 is 0 Å². The Kier molecular flexibility index (Phi) is 3.57. The van der Waals surface area contributed by atoms with Crippen molar-refractivity contribution in [3.05, 3.63) is 0 Å². The number of ketones is 1. The zero-order chi connectivity index (χ0) is 9.02. The van der Waals surface area contributed by atoms with Crippen LogP contribution in [0.1, 0.15) is 13.8 Å². The summed E-state index contributed by atoms with van der Waals surface area (Å²) in [6.07, 6.45) is -1.07. The first kappa shape index (κ1) is 9.94. The van der Waals surface area contributed by atoms with Gasteiger partial charge in [0.25, 0.3) is 0 Å². The molecule has 0 heterocycles. The van der Waals surface area contributed by atoms with E-state index in [4.69, 9.17) is 5.11 Å². The lowest BCUT2D eigenvalue weighted by atomic mass is 10.1. The number of amides is 1. The fraction of sp³-hybridized carbons (Fsp3) is 0.714. The molecule has 0 fully saturated rings. The summed E-state index contributed by atoms with van der Waals surface area (Å²) >= 11 is 0. The summed E-state index contributed by atoms with van der Waals surface area (Å²) in [5.74, 6) is -0.160. The molecule has 0 aliphatic heterocycles. The Labute approximate surface area is 65.8 Å². The minimum absolute atomic E-state index is 0.0208. The van der Waals surface area contributed by atoms with Crippen molar-refractivity contribution in [3.8, 4) is 0 Å². The van der Waals surface area contributed by atoms with E-state index < -0.39 is 6.09 Å². The van der Waals surface area contributed by atoms with Crippen LogP contribution in [0.2, 0.25) is 0 Å². The highest BCUT2D eigenvalue weighted by atomic mass is 16.4. The largest absolute Gasteiger partial charge is 0.465 e. The van der Waals surface area contributed by atoms with Gasteiger partial charge in [0.2, 0.25) is 0 Å². The van der Waals surface area contributed by atoms with Crippen molar-refractivity contribution in [1.82, 2.24) is 4.90 Å². The first-order valence-electron chi connectivity index (χ1n) is 3.42. The lowest BCUT2D eigenvalue weighted by Gasteiger charge is -2.12. The molecule has 4 nitrogen and oxygen atoms in total. The van der Waals surface area contributed by atoms with Crippen molar-refractivity contribution in [2.24, 2.45) is 5.92 Å². The number of carboxylic acid groups (broad SMARTS) is 1. The van der Waals surface area contributed by atoms with E-state index in [-0.39, 0.29) is 18.2 Å². The molecule has 0 aliphatic rings. The van der Waals surface area contributed by atoms with E-state index in [1.807, 2.05) is 0 Å². The van der Waals surface area contributed by atoms with Gasteiger partial charge in [0.1, 0.15) is 0 Å². The molecular weight excluding hydrogens is 146 g/mol. The Balaban J connectivity index is 3.85. The fourth-order valence-electron chi connectivity index (χ4n) is 0.484. The summed E-state index contributed by atoms with van der Waals surface area (Å²) in [6.45, 7) is 3.48. The van der Waals surface area contributed by atoms with Gasteiger partial charge in [0, 0.05) is 13.0 Å². The zero-order valence-electron chi connectivity index (χ0n) is 7.00. The lowest BCUT2D eigenvalue weighted by Crippen LogP contribution is -2.32. The molecular formula is C7H13NO3. The average molecular weight is 159 g/mol. The Morgan fingerprint density at radius 2 is 1.91 bits per heavy atom. The second kappa shape index (κ2) is 3.95. The van der Waals surface area contributed by atoms with Crippen molar-refractivity contribution < 1.29 is 14.7 Å². The molecule has 0 aromatic rings. The topological polar surface area (TPSA) is 57.6 Å². The first-order chi connectivity index (χ1) is 4.95. The number of Topliss-reactive ketones (excluding diaryl/α,β-unsaturated/α-hetero) is 1. The molecule has 0 aliphatic carbocycles. The molecule has 0 aromatic carbocycles. The van der Waals surface area contributed by atoms with Crippen LogP contribution in [-0.4, -0.2) is 35.5 Å². The molecule has 0 unspecified atom stereocenters. The van der Waals surface area contributed by atoms with Gasteiger partial charge in [-0.05, 0) is 0 Å². The Morgan fingerprint density at radius 3 is 2.18 bits per heavy atom. The van der Waals surface area contributed by atoms with Gasteiger partial charge in [-0.3, -0.25) is 4.79 Å². The number of hydrogen-bond donors (Lipinski definition) is 1. The zero-order valence-corrected chi connectivity index (χ0v) is 7.00. The van der Waals surface area contributed by atoms with E-state index in [2.05, 4.69) is 0 Å². The SMILES string of the molecule is CC(C)C(=O)CN(C)C(=O)O. The van der Waals surface area contributed by atoms with E-state index in [1.54, 1.807) is 13.8 Å². The van der Waals surface area contributed by atoms with Crippen molar-refractivity contribution in [3.63, 3.8) is 0 Å². The summed E-state index contributed by atoms with van der Waals surface area (Å²) in [4.78, 5) is 22.2. The third-order valence-electron chi connectivity index (χ3n) is 1.36. The highest BCUT2D eigenvalue weighted by Crippen LogP contribution is 1.95. The summed E-state index contributed by atoms with van der Waals surface area (Å²) in [6, 6.07) is 0. The van der Waals surface area contributed by atoms with Gasteiger partial charge in [-0.15, -0.1) is 0 Å². The lowest BCUT2D eigenvalue weighted by molar-refractivity contribution is -0.122. The molecule has 0 atom stereocenters. The maximum absolute atomic E-state index is 11.0. The third-order valence-corrected chi connectivity index (χ3v) is 1.36. The van der Waals surface area contributed by atoms with Crippen LogP contribution in [0.4, 0.5) is 4.79 Å². The highest BCUT2D eigenvalue weighted by Gasteiger charge is 2.13. The van der Waals surface area contributed by atoms with Crippen LogP contribution >= 0.6 is 0 Å². The third kappa shape index (κ3) is 3.60.